The number of hydrogen-bond acceptors (Lipinski definition) is 3. The summed E-state index contributed by atoms with van der Waals surface area (Å²) < 4.78 is 0. The van der Waals surface area contributed by atoms with Gasteiger partial charge in [-0.15, -0.1) is 0 Å². The summed E-state index contributed by atoms with van der Waals surface area (Å²) in [7, 11) is 0. The van der Waals surface area contributed by atoms with Gasteiger partial charge in [-0.05, 0) is 56.9 Å². The predicted molar refractivity (Wildman–Crippen MR) is 121 cm³/mol. The predicted octanol–water partition coefficient (Wildman–Crippen LogP) is 3.85. The zero-order chi connectivity index (χ0) is 20.2. The minimum atomic E-state index is 0.188. The second kappa shape index (κ2) is 12.6. The Balaban J connectivity index is 1.45. The molecular formula is C25H37N3O. The summed E-state index contributed by atoms with van der Waals surface area (Å²) in [4.78, 5) is 14.9. The van der Waals surface area contributed by atoms with Crippen molar-refractivity contribution in [3.63, 3.8) is 0 Å². The van der Waals surface area contributed by atoms with Crippen LogP contribution in [0.5, 0.6) is 0 Å². The average molecular weight is 396 g/mol. The summed E-state index contributed by atoms with van der Waals surface area (Å²) in [6, 6.07) is 10.9. The molecule has 1 amide bonds. The maximum Gasteiger partial charge on any atom is 0.234 e. The Bertz CT molecular complexity index is 662. The topological polar surface area (TPSA) is 44.4 Å². The summed E-state index contributed by atoms with van der Waals surface area (Å²) >= 11 is 0. The maximum atomic E-state index is 12.6. The van der Waals surface area contributed by atoms with E-state index in [2.05, 4.69) is 64.1 Å². The molecule has 4 heteroatoms. The zero-order valence-corrected chi connectivity index (χ0v) is 17.7. The van der Waals surface area contributed by atoms with E-state index < -0.39 is 0 Å². The third kappa shape index (κ3) is 8.55. The Morgan fingerprint density at radius 2 is 1.79 bits per heavy atom. The number of aryl methyl sites for hydroxylation is 1. The molecule has 1 saturated heterocycles. The first kappa shape index (κ1) is 21.8. The van der Waals surface area contributed by atoms with Crippen molar-refractivity contribution in [2.75, 3.05) is 32.7 Å². The summed E-state index contributed by atoms with van der Waals surface area (Å²) in [5.41, 5.74) is 2.85. The standard InChI is InChI=1S/C25H37N3O/c29-25(21-28-19-17-26-18-20-28)27-24(15-7-13-22-9-3-1-4-10-22)16-8-14-23-11-5-2-6-12-23/h1,3-5,9-12,24,26H,2,6-8,13-21H2,(H,27,29). The van der Waals surface area contributed by atoms with Crippen LogP contribution in [0.1, 0.15) is 50.5 Å². The van der Waals surface area contributed by atoms with E-state index in [9.17, 15) is 4.79 Å². The lowest BCUT2D eigenvalue weighted by atomic mass is 9.97. The highest BCUT2D eigenvalue weighted by Crippen LogP contribution is 2.18. The molecule has 2 N–H and O–H groups in total. The maximum absolute atomic E-state index is 12.6. The summed E-state index contributed by atoms with van der Waals surface area (Å²) in [5.74, 6) is 0.188. The molecule has 1 atom stereocenters. The van der Waals surface area contributed by atoms with Gasteiger partial charge in [-0.1, -0.05) is 54.1 Å². The summed E-state index contributed by atoms with van der Waals surface area (Å²) in [5, 5.41) is 6.70. The molecular weight excluding hydrogens is 358 g/mol. The van der Waals surface area contributed by atoms with Crippen LogP contribution in [0.25, 0.3) is 0 Å². The van der Waals surface area contributed by atoms with Crippen LogP contribution in [0.15, 0.2) is 54.1 Å². The van der Waals surface area contributed by atoms with E-state index in [-0.39, 0.29) is 11.9 Å². The molecule has 0 radical (unpaired) electrons. The fourth-order valence-electron chi connectivity index (χ4n) is 4.24. The molecule has 2 aliphatic rings. The highest BCUT2D eigenvalue weighted by atomic mass is 16.2. The Morgan fingerprint density at radius 3 is 2.52 bits per heavy atom. The molecule has 1 unspecified atom stereocenters. The van der Waals surface area contributed by atoms with Gasteiger partial charge in [0.15, 0.2) is 0 Å². The molecule has 0 saturated carbocycles. The third-order valence-corrected chi connectivity index (χ3v) is 5.89. The van der Waals surface area contributed by atoms with Crippen LogP contribution in [0.4, 0.5) is 0 Å². The number of allylic oxidation sites excluding steroid dienone is 4. The van der Waals surface area contributed by atoms with Gasteiger partial charge >= 0.3 is 0 Å². The molecule has 1 aromatic rings. The number of hydrogen-bond donors (Lipinski definition) is 2. The average Bonchev–Trinajstić information content (AvgIpc) is 2.76. The van der Waals surface area contributed by atoms with E-state index in [4.69, 9.17) is 0 Å². The van der Waals surface area contributed by atoms with Crippen molar-refractivity contribution in [1.82, 2.24) is 15.5 Å². The lowest BCUT2D eigenvalue weighted by Crippen LogP contribution is -2.49. The van der Waals surface area contributed by atoms with Crippen LogP contribution >= 0.6 is 0 Å². The lowest BCUT2D eigenvalue weighted by molar-refractivity contribution is -0.123. The van der Waals surface area contributed by atoms with Gasteiger partial charge < -0.3 is 10.6 Å². The number of benzene rings is 1. The van der Waals surface area contributed by atoms with Crippen LogP contribution in [0.2, 0.25) is 0 Å². The number of piperazine rings is 1. The quantitative estimate of drug-likeness (QED) is 0.598. The van der Waals surface area contributed by atoms with Crippen molar-refractivity contribution in [3.05, 3.63) is 59.7 Å². The first-order chi connectivity index (χ1) is 14.3. The number of nitrogens with zero attached hydrogens (tertiary/aromatic N) is 1. The van der Waals surface area contributed by atoms with Crippen LogP contribution in [0, 0.1) is 0 Å². The van der Waals surface area contributed by atoms with E-state index >= 15 is 0 Å². The van der Waals surface area contributed by atoms with E-state index in [0.29, 0.717) is 6.54 Å². The largest absolute Gasteiger partial charge is 0.352 e. The molecule has 158 valence electrons. The highest BCUT2D eigenvalue weighted by Gasteiger charge is 2.17. The molecule has 0 bridgehead atoms. The fraction of sp³-hybridized carbons (Fsp3) is 0.560. The first-order valence-corrected chi connectivity index (χ1v) is 11.4. The van der Waals surface area contributed by atoms with Gasteiger partial charge in [0.05, 0.1) is 6.54 Å². The molecule has 29 heavy (non-hydrogen) atoms. The molecule has 4 nitrogen and oxygen atoms in total. The van der Waals surface area contributed by atoms with Gasteiger partial charge in [-0.3, -0.25) is 9.69 Å². The van der Waals surface area contributed by atoms with Crippen LogP contribution in [0.3, 0.4) is 0 Å². The molecule has 1 aromatic carbocycles. The Hall–Kier alpha value is -1.91. The van der Waals surface area contributed by atoms with Crippen molar-refractivity contribution in [1.29, 1.82) is 0 Å². The van der Waals surface area contributed by atoms with Crippen LogP contribution < -0.4 is 10.6 Å². The van der Waals surface area contributed by atoms with Crippen molar-refractivity contribution >= 4 is 5.91 Å². The van der Waals surface area contributed by atoms with Crippen LogP contribution in [-0.4, -0.2) is 49.6 Å². The van der Waals surface area contributed by atoms with Crippen molar-refractivity contribution in [2.24, 2.45) is 0 Å². The van der Waals surface area contributed by atoms with E-state index in [1.807, 2.05) is 0 Å². The van der Waals surface area contributed by atoms with Gasteiger partial charge in [0.1, 0.15) is 0 Å². The van der Waals surface area contributed by atoms with Gasteiger partial charge in [0.2, 0.25) is 5.91 Å². The lowest BCUT2D eigenvalue weighted by Gasteiger charge is -2.27. The smallest absolute Gasteiger partial charge is 0.234 e. The number of carbonyl (C=O) groups excluding carboxylic acids is 1. The fourth-order valence-corrected chi connectivity index (χ4v) is 4.24. The van der Waals surface area contributed by atoms with Gasteiger partial charge in [0.25, 0.3) is 0 Å². The van der Waals surface area contributed by atoms with Crippen molar-refractivity contribution < 1.29 is 4.79 Å². The molecule has 0 spiro atoms. The number of nitrogens with one attached hydrogen (secondary N) is 2. The van der Waals surface area contributed by atoms with E-state index in [1.54, 1.807) is 0 Å². The highest BCUT2D eigenvalue weighted by molar-refractivity contribution is 5.78. The van der Waals surface area contributed by atoms with Crippen molar-refractivity contribution in [3.8, 4) is 0 Å². The van der Waals surface area contributed by atoms with Gasteiger partial charge in [-0.25, -0.2) is 0 Å². The van der Waals surface area contributed by atoms with Crippen molar-refractivity contribution in [2.45, 2.75) is 57.4 Å². The molecule has 1 aliphatic heterocycles. The second-order valence-electron chi connectivity index (χ2n) is 8.32. The minimum absolute atomic E-state index is 0.188. The van der Waals surface area contributed by atoms with Gasteiger partial charge in [-0.2, -0.15) is 0 Å². The molecule has 1 fully saturated rings. The monoisotopic (exact) mass is 395 g/mol. The Morgan fingerprint density at radius 1 is 1.03 bits per heavy atom. The summed E-state index contributed by atoms with van der Waals surface area (Å²) in [6.45, 7) is 4.43. The first-order valence-electron chi connectivity index (χ1n) is 11.4. The number of amides is 1. The van der Waals surface area contributed by atoms with Crippen LogP contribution in [-0.2, 0) is 11.2 Å². The molecule has 0 aromatic heterocycles. The Labute approximate surface area is 176 Å². The third-order valence-electron chi connectivity index (χ3n) is 5.89. The molecule has 3 rings (SSSR count). The zero-order valence-electron chi connectivity index (χ0n) is 17.7. The van der Waals surface area contributed by atoms with E-state index in [1.165, 1.54) is 24.0 Å². The number of carbonyl (C=O) groups is 1. The Kier molecular flexibility index (Phi) is 9.47. The summed E-state index contributed by atoms with van der Waals surface area (Å²) in [6.07, 6.45) is 15.8. The minimum Gasteiger partial charge on any atom is -0.352 e. The molecule has 1 heterocycles. The van der Waals surface area contributed by atoms with Gasteiger partial charge in [0, 0.05) is 32.2 Å². The van der Waals surface area contributed by atoms with E-state index in [0.717, 1.165) is 64.7 Å². The second-order valence-corrected chi connectivity index (χ2v) is 8.32. The molecule has 1 aliphatic carbocycles. The normalized spacial score (nSPS) is 18.3. The number of rotatable bonds is 11. The SMILES string of the molecule is O=C(CN1CCNCC1)NC(CCCC1=CCCC=C1)CCCc1ccccc1.